The predicted molar refractivity (Wildman–Crippen MR) is 317 cm³/mol. The molecule has 8 aliphatic rings. The van der Waals surface area contributed by atoms with E-state index in [2.05, 4.69) is 260 Å². The van der Waals surface area contributed by atoms with Crippen molar-refractivity contribution in [2.45, 2.75) is 234 Å². The minimum atomic E-state index is -0.854. The molecule has 4 nitrogen and oxygen atoms in total. The van der Waals surface area contributed by atoms with Crippen LogP contribution in [0.4, 0.5) is 0 Å². The maximum Gasteiger partial charge on any atom is 4.00 e. The summed E-state index contributed by atoms with van der Waals surface area (Å²) in [5, 5.41) is 22.2. The summed E-state index contributed by atoms with van der Waals surface area (Å²) in [6.45, 7) is 58.4. The molecule has 0 spiro atoms. The Morgan fingerprint density at radius 3 is 0.464 bits per heavy atom. The van der Waals surface area contributed by atoms with Crippen LogP contribution in [-0.4, -0.2) is 80.0 Å². The molecular weight excluding hydrogens is 937 g/mol. The van der Waals surface area contributed by atoms with Gasteiger partial charge in [0.1, 0.15) is 0 Å². The molecule has 0 aromatic rings. The fourth-order valence-electron chi connectivity index (χ4n) is 19.9. The first-order valence-corrected chi connectivity index (χ1v) is 38.7. The molecule has 0 atom stereocenters. The quantitative estimate of drug-likeness (QED) is 0.175. The molecule has 0 unspecified atom stereocenters. The summed E-state index contributed by atoms with van der Waals surface area (Å²) in [6, 6.07) is 1.29. The minimum Gasteiger partial charge on any atom is -0.649 e. The topological polar surface area (TPSA) is 56.4 Å². The summed E-state index contributed by atoms with van der Waals surface area (Å²) >= 11 is 0. The Labute approximate surface area is 449 Å². The van der Waals surface area contributed by atoms with Crippen LogP contribution in [0.3, 0.4) is 0 Å². The number of nitrogens with zero attached hydrogens (tertiary/aromatic N) is 4. The molecular formula is C60H104N4Si4Ti. The Kier molecular flexibility index (Phi) is 18.4. The maximum atomic E-state index is 5.31. The van der Waals surface area contributed by atoms with Crippen LogP contribution in [0.25, 0.3) is 21.3 Å². The van der Waals surface area contributed by atoms with Crippen LogP contribution in [0.5, 0.6) is 0 Å². The average Bonchev–Trinajstić information content (AvgIpc) is 4.02. The van der Waals surface area contributed by atoms with Crippen molar-refractivity contribution in [3.63, 3.8) is 0 Å². The monoisotopic (exact) mass is 1040 g/mol. The van der Waals surface area contributed by atoms with Crippen molar-refractivity contribution in [3.8, 4) is 0 Å². The van der Waals surface area contributed by atoms with E-state index in [4.69, 9.17) is 21.3 Å². The number of hydrogen-bond donors (Lipinski definition) is 0. The van der Waals surface area contributed by atoms with Gasteiger partial charge in [0.15, 0.2) is 0 Å². The maximum absolute atomic E-state index is 5.31. The Balaban J connectivity index is 0.000000199. The van der Waals surface area contributed by atoms with Gasteiger partial charge in [-0.25, -0.2) is 0 Å². The van der Waals surface area contributed by atoms with Gasteiger partial charge in [-0.05, 0) is 25.7 Å². The molecule has 0 aromatic heterocycles. The van der Waals surface area contributed by atoms with E-state index in [-0.39, 0.29) is 42.4 Å². The van der Waals surface area contributed by atoms with Gasteiger partial charge in [0, 0.05) is 35.2 Å². The van der Waals surface area contributed by atoms with Crippen molar-refractivity contribution in [2.24, 2.45) is 43.3 Å². The molecule has 4 fully saturated rings. The minimum absolute atomic E-state index is 0. The van der Waals surface area contributed by atoms with Crippen LogP contribution < -0.4 is 0 Å². The van der Waals surface area contributed by atoms with E-state index in [0.717, 1.165) is 0 Å². The van der Waals surface area contributed by atoms with Crippen molar-refractivity contribution in [3.05, 3.63) is 118 Å². The van der Waals surface area contributed by atoms with Crippen molar-refractivity contribution >= 4 is 35.2 Å². The standard InChI is InChI=1S/4C15H26NSi.Ti/c4*1-13(2)11-14(3,4)15(13,17(5)6)16-12-9-7-8-10-12;/h4*7-10,12,17H,11H2,1-6H3;/q4*-1;+4. The third-order valence-corrected chi connectivity index (χ3v) is 33.0. The van der Waals surface area contributed by atoms with E-state index in [1.165, 1.54) is 25.7 Å². The molecule has 8 rings (SSSR count). The van der Waals surface area contributed by atoms with Gasteiger partial charge in [-0.3, -0.25) is 0 Å². The normalized spacial score (nSPS) is 28.2. The van der Waals surface area contributed by atoms with E-state index in [0.29, 0.717) is 67.5 Å². The third kappa shape index (κ3) is 10.3. The van der Waals surface area contributed by atoms with E-state index in [9.17, 15) is 0 Å². The summed E-state index contributed by atoms with van der Waals surface area (Å²) in [5.74, 6) is 0. The van der Waals surface area contributed by atoms with E-state index >= 15 is 0 Å². The summed E-state index contributed by atoms with van der Waals surface area (Å²) in [6.07, 6.45) is 40.0. The molecule has 384 valence electrons. The van der Waals surface area contributed by atoms with Gasteiger partial charge in [-0.15, -0.1) is 20.6 Å². The molecule has 8 aliphatic carbocycles. The van der Waals surface area contributed by atoms with Crippen LogP contribution in [0.2, 0.25) is 52.4 Å². The molecule has 0 saturated heterocycles. The van der Waals surface area contributed by atoms with Crippen molar-refractivity contribution in [2.75, 3.05) is 0 Å². The van der Waals surface area contributed by atoms with E-state index in [1.54, 1.807) is 0 Å². The molecule has 0 heterocycles. The zero-order valence-corrected chi connectivity index (χ0v) is 55.2. The summed E-state index contributed by atoms with van der Waals surface area (Å²) < 4.78 is 0. The van der Waals surface area contributed by atoms with Gasteiger partial charge in [-0.2, -0.15) is 0 Å². The molecule has 0 radical (unpaired) electrons. The first-order chi connectivity index (χ1) is 30.9. The Hall–Kier alpha value is -0.658. The summed E-state index contributed by atoms with van der Waals surface area (Å²) in [7, 11) is -3.42. The van der Waals surface area contributed by atoms with Crippen LogP contribution in [0.15, 0.2) is 97.2 Å². The molecule has 0 bridgehead atoms. The second kappa shape index (κ2) is 20.8. The van der Waals surface area contributed by atoms with E-state index in [1.807, 2.05) is 0 Å². The van der Waals surface area contributed by atoms with Gasteiger partial charge in [0.2, 0.25) is 0 Å². The first kappa shape index (κ1) is 60.9. The summed E-state index contributed by atoms with van der Waals surface area (Å²) in [4.78, 5) is 0. The van der Waals surface area contributed by atoms with Crippen molar-refractivity contribution < 1.29 is 21.7 Å². The molecule has 69 heavy (non-hydrogen) atoms. The molecule has 0 aromatic carbocycles. The predicted octanol–water partition coefficient (Wildman–Crippen LogP) is 16.3. The number of allylic oxidation sites excluding steroid dienone is 8. The Morgan fingerprint density at radius 1 is 0.261 bits per heavy atom. The van der Waals surface area contributed by atoms with Gasteiger partial charge < -0.3 is 21.3 Å². The van der Waals surface area contributed by atoms with Gasteiger partial charge in [-0.1, -0.05) is 328 Å². The number of hydrogen-bond acceptors (Lipinski definition) is 0. The zero-order valence-electron chi connectivity index (χ0n) is 49.0. The fourth-order valence-corrected chi connectivity index (χ4v) is 35.1. The second-order valence-electron chi connectivity index (χ2n) is 29.0. The van der Waals surface area contributed by atoms with Gasteiger partial charge >= 0.3 is 21.7 Å². The molecule has 4 saturated carbocycles. The average molecular weight is 1040 g/mol. The van der Waals surface area contributed by atoms with Crippen LogP contribution >= 0.6 is 0 Å². The molecule has 0 amide bonds. The molecule has 9 heteroatoms. The Morgan fingerprint density at radius 2 is 0.377 bits per heavy atom. The zero-order chi connectivity index (χ0) is 51.6. The van der Waals surface area contributed by atoms with Crippen LogP contribution in [-0.2, 0) is 21.7 Å². The molecule has 0 aliphatic heterocycles. The van der Waals surface area contributed by atoms with Crippen molar-refractivity contribution in [1.82, 2.24) is 0 Å². The van der Waals surface area contributed by atoms with Crippen molar-refractivity contribution in [1.29, 1.82) is 0 Å². The summed E-state index contributed by atoms with van der Waals surface area (Å²) in [5.41, 5.74) is 3.01. The van der Waals surface area contributed by atoms with Gasteiger partial charge in [0.05, 0.1) is 0 Å². The largest absolute Gasteiger partial charge is 4.00 e. The molecule has 0 N–H and O–H groups in total. The van der Waals surface area contributed by atoms with Gasteiger partial charge in [0.25, 0.3) is 0 Å². The first-order valence-electron chi connectivity index (χ1n) is 27.2. The second-order valence-corrected chi connectivity index (χ2v) is 41.6. The third-order valence-electron chi connectivity index (χ3n) is 19.5. The Bertz CT molecular complexity index is 1640. The van der Waals surface area contributed by atoms with E-state index < -0.39 is 35.2 Å². The smallest absolute Gasteiger partial charge is 0.649 e. The van der Waals surface area contributed by atoms with Crippen LogP contribution in [0, 0.1) is 43.3 Å². The SMILES string of the molecule is C[SiH](C)C1([N-]C2C=CC=C2)C(C)(C)CC1(C)C.C[SiH](C)C1([N-]C2C=CC=C2)C(C)(C)CC1(C)C.C[SiH](C)C1([N-]C2C=CC=C2)C(C)(C)CC1(C)C.C[SiH](C)C1([N-]C2C=CC=C2)C(C)(C)CC1(C)C.[Ti+4]. The number of rotatable bonds is 12. The fraction of sp³-hybridized carbons (Fsp3) is 0.733. The van der Waals surface area contributed by atoms with Crippen LogP contribution in [0.1, 0.15) is 136 Å².